The van der Waals surface area contributed by atoms with E-state index in [0.717, 1.165) is 4.47 Å². The number of benzene rings is 1. The van der Waals surface area contributed by atoms with Crippen LogP contribution in [0.15, 0.2) is 28.7 Å². The quantitative estimate of drug-likeness (QED) is 0.509. The van der Waals surface area contributed by atoms with E-state index >= 15 is 0 Å². The van der Waals surface area contributed by atoms with E-state index in [0.29, 0.717) is 12.1 Å². The molecular formula is C16H22BrN3O4. The summed E-state index contributed by atoms with van der Waals surface area (Å²) in [7, 11) is 0. The molecule has 0 fully saturated rings. The minimum Gasteiger partial charge on any atom is -0.480 e. The number of amides is 2. The fraction of sp³-hybridized carbons (Fsp3) is 0.438. The molecular weight excluding hydrogens is 378 g/mol. The van der Waals surface area contributed by atoms with E-state index in [9.17, 15) is 14.4 Å². The topological polar surface area (TPSA) is 108 Å². The van der Waals surface area contributed by atoms with Crippen LogP contribution in [-0.4, -0.2) is 42.0 Å². The summed E-state index contributed by atoms with van der Waals surface area (Å²) in [6.07, 6.45) is 0.474. The first-order valence-electron chi connectivity index (χ1n) is 7.56. The van der Waals surface area contributed by atoms with Gasteiger partial charge in [-0.15, -0.1) is 0 Å². The molecule has 0 heterocycles. The van der Waals surface area contributed by atoms with Crippen molar-refractivity contribution in [3.63, 3.8) is 0 Å². The minimum atomic E-state index is -1.04. The molecule has 0 aliphatic rings. The van der Waals surface area contributed by atoms with Gasteiger partial charge in [-0.3, -0.25) is 14.9 Å². The fourth-order valence-corrected chi connectivity index (χ4v) is 2.28. The molecule has 1 rings (SSSR count). The summed E-state index contributed by atoms with van der Waals surface area (Å²) < 4.78 is 0.894. The number of carbonyl (C=O) groups is 3. The van der Waals surface area contributed by atoms with Gasteiger partial charge in [-0.1, -0.05) is 29.8 Å². The number of hydrogen-bond acceptors (Lipinski definition) is 4. The Hall–Kier alpha value is -1.93. The molecule has 0 aliphatic carbocycles. The zero-order valence-electron chi connectivity index (χ0n) is 13.6. The van der Waals surface area contributed by atoms with E-state index in [-0.39, 0.29) is 24.8 Å². The number of hydrogen-bond donors (Lipinski definition) is 4. The van der Waals surface area contributed by atoms with Crippen LogP contribution in [0.2, 0.25) is 0 Å². The number of rotatable bonds is 9. The number of aliphatic carboxylic acids is 1. The van der Waals surface area contributed by atoms with Gasteiger partial charge in [-0.05, 0) is 36.6 Å². The average Bonchev–Trinajstić information content (AvgIpc) is 2.48. The Balaban J connectivity index is 2.60. The molecule has 1 atom stereocenters. The maximum atomic E-state index is 12.2. The number of ketones is 1. The number of nitrogens with one attached hydrogen (secondary N) is 3. The molecule has 0 aromatic heterocycles. The summed E-state index contributed by atoms with van der Waals surface area (Å²) in [6.45, 7) is 3.48. The molecule has 0 radical (unpaired) electrons. The molecule has 0 saturated carbocycles. The molecule has 0 bridgehead atoms. The Kier molecular flexibility index (Phi) is 8.42. The highest BCUT2D eigenvalue weighted by atomic mass is 79.9. The van der Waals surface area contributed by atoms with Crippen molar-refractivity contribution < 1.29 is 19.5 Å². The van der Waals surface area contributed by atoms with Crippen molar-refractivity contribution in [3.05, 3.63) is 28.7 Å². The summed E-state index contributed by atoms with van der Waals surface area (Å²) in [4.78, 5) is 34.7. The fourth-order valence-electron chi connectivity index (χ4n) is 2.02. The molecule has 132 valence electrons. The molecule has 8 heteroatoms. The lowest BCUT2D eigenvalue weighted by molar-refractivity contribution is -0.136. The smallest absolute Gasteiger partial charge is 0.319 e. The maximum absolute atomic E-state index is 12.2. The molecule has 0 unspecified atom stereocenters. The molecule has 2 amide bonds. The lowest BCUT2D eigenvalue weighted by atomic mass is 10.0. The molecule has 1 aromatic rings. The number of anilines is 1. The summed E-state index contributed by atoms with van der Waals surface area (Å²) in [5.74, 6) is -1.09. The van der Waals surface area contributed by atoms with Crippen LogP contribution < -0.4 is 16.0 Å². The van der Waals surface area contributed by atoms with Gasteiger partial charge in [0, 0.05) is 10.2 Å². The van der Waals surface area contributed by atoms with Gasteiger partial charge < -0.3 is 15.7 Å². The number of carboxylic acids is 1. The number of halogens is 1. The third-order valence-electron chi connectivity index (χ3n) is 3.08. The van der Waals surface area contributed by atoms with Crippen molar-refractivity contribution in [2.45, 2.75) is 26.3 Å². The van der Waals surface area contributed by atoms with E-state index in [2.05, 4.69) is 31.9 Å². The van der Waals surface area contributed by atoms with Gasteiger partial charge in [0.05, 0.1) is 19.1 Å². The van der Waals surface area contributed by atoms with E-state index in [1.54, 1.807) is 24.3 Å². The third-order valence-corrected chi connectivity index (χ3v) is 3.61. The van der Waals surface area contributed by atoms with Gasteiger partial charge in [-0.2, -0.15) is 0 Å². The maximum Gasteiger partial charge on any atom is 0.319 e. The van der Waals surface area contributed by atoms with Crippen molar-refractivity contribution in [1.82, 2.24) is 10.6 Å². The van der Waals surface area contributed by atoms with Crippen LogP contribution in [0.4, 0.5) is 10.5 Å². The van der Waals surface area contributed by atoms with Crippen LogP contribution >= 0.6 is 15.9 Å². The van der Waals surface area contributed by atoms with Crippen LogP contribution in [-0.2, 0) is 9.59 Å². The summed E-state index contributed by atoms with van der Waals surface area (Å²) in [6, 6.07) is 5.90. The summed E-state index contributed by atoms with van der Waals surface area (Å²) in [5, 5.41) is 16.4. The van der Waals surface area contributed by atoms with Crippen LogP contribution in [0.3, 0.4) is 0 Å². The normalized spacial score (nSPS) is 11.8. The molecule has 24 heavy (non-hydrogen) atoms. The molecule has 4 N–H and O–H groups in total. The molecule has 7 nitrogen and oxygen atoms in total. The van der Waals surface area contributed by atoms with Crippen molar-refractivity contribution in [2.24, 2.45) is 5.92 Å². The first-order valence-corrected chi connectivity index (χ1v) is 8.35. The number of carbonyl (C=O) groups excluding carboxylic acids is 2. The van der Waals surface area contributed by atoms with Gasteiger partial charge in [0.1, 0.15) is 0 Å². The summed E-state index contributed by atoms with van der Waals surface area (Å²) >= 11 is 3.31. The van der Waals surface area contributed by atoms with Gasteiger partial charge in [0.25, 0.3) is 0 Å². The number of Topliss-reactive ketones (excluding diaryl/α,β-unsaturated/α-hetero) is 1. The monoisotopic (exact) mass is 399 g/mol. The number of carboxylic acid groups (broad SMARTS) is 1. The van der Waals surface area contributed by atoms with Crippen molar-refractivity contribution in [2.75, 3.05) is 18.4 Å². The second-order valence-corrected chi connectivity index (χ2v) is 6.67. The van der Waals surface area contributed by atoms with E-state index in [4.69, 9.17) is 5.11 Å². The SMILES string of the molecule is CC(C)C[C@H](NC(=O)Nc1ccc(Br)cc1)C(=O)CNCC(=O)O. The predicted octanol–water partition coefficient (Wildman–Crippen LogP) is 2.23. The van der Waals surface area contributed by atoms with E-state index in [1.807, 2.05) is 13.8 Å². The van der Waals surface area contributed by atoms with E-state index < -0.39 is 18.0 Å². The molecule has 0 spiro atoms. The molecule has 0 saturated heterocycles. The lowest BCUT2D eigenvalue weighted by Crippen LogP contribution is -2.47. The third kappa shape index (κ3) is 8.07. The van der Waals surface area contributed by atoms with Crippen LogP contribution in [0, 0.1) is 5.92 Å². The predicted molar refractivity (Wildman–Crippen MR) is 95.1 cm³/mol. The standard InChI is InChI=1S/C16H22BrN3O4/c1-10(2)7-13(14(21)8-18-9-15(22)23)20-16(24)19-12-5-3-11(17)4-6-12/h3-6,10,13,18H,7-9H2,1-2H3,(H,22,23)(H2,19,20,24)/t13-/m0/s1. The largest absolute Gasteiger partial charge is 0.480 e. The highest BCUT2D eigenvalue weighted by Gasteiger charge is 2.21. The van der Waals surface area contributed by atoms with E-state index in [1.165, 1.54) is 0 Å². The number of urea groups is 1. The van der Waals surface area contributed by atoms with Crippen molar-refractivity contribution in [1.29, 1.82) is 0 Å². The Morgan fingerprint density at radius 2 is 1.75 bits per heavy atom. The molecule has 0 aliphatic heterocycles. The van der Waals surface area contributed by atoms with Gasteiger partial charge in [0.15, 0.2) is 5.78 Å². The first-order chi connectivity index (χ1) is 11.3. The Morgan fingerprint density at radius 1 is 1.12 bits per heavy atom. The second kappa shape index (κ2) is 10.0. The Morgan fingerprint density at radius 3 is 2.29 bits per heavy atom. The zero-order valence-corrected chi connectivity index (χ0v) is 15.2. The van der Waals surface area contributed by atoms with Crippen LogP contribution in [0.1, 0.15) is 20.3 Å². The highest BCUT2D eigenvalue weighted by molar-refractivity contribution is 9.10. The van der Waals surface area contributed by atoms with Gasteiger partial charge in [0.2, 0.25) is 0 Å². The Labute approximate surface area is 149 Å². The zero-order chi connectivity index (χ0) is 18.1. The Bertz CT molecular complexity index is 575. The highest BCUT2D eigenvalue weighted by Crippen LogP contribution is 2.14. The second-order valence-electron chi connectivity index (χ2n) is 5.75. The lowest BCUT2D eigenvalue weighted by Gasteiger charge is -2.20. The van der Waals surface area contributed by atoms with Crippen molar-refractivity contribution >= 4 is 39.4 Å². The minimum absolute atomic E-state index is 0.109. The van der Waals surface area contributed by atoms with Crippen molar-refractivity contribution in [3.8, 4) is 0 Å². The average molecular weight is 400 g/mol. The van der Waals surface area contributed by atoms with Gasteiger partial charge in [-0.25, -0.2) is 4.79 Å². The van der Waals surface area contributed by atoms with Gasteiger partial charge >= 0.3 is 12.0 Å². The summed E-state index contributed by atoms with van der Waals surface area (Å²) in [5.41, 5.74) is 0.607. The first kappa shape index (κ1) is 20.1. The van der Waals surface area contributed by atoms with Crippen LogP contribution in [0.5, 0.6) is 0 Å². The van der Waals surface area contributed by atoms with Crippen LogP contribution in [0.25, 0.3) is 0 Å². The molecule has 1 aromatic carbocycles.